The highest BCUT2D eigenvalue weighted by atomic mass is 16.4. The molecule has 0 atom stereocenters. The maximum absolute atomic E-state index is 11.6. The molecule has 2 aromatic rings. The van der Waals surface area contributed by atoms with Crippen LogP contribution in [0.5, 0.6) is 0 Å². The fraction of sp³-hybridized carbons (Fsp3) is 0.231. The van der Waals surface area contributed by atoms with Crippen molar-refractivity contribution in [2.75, 3.05) is 11.1 Å². The van der Waals surface area contributed by atoms with Crippen molar-refractivity contribution in [2.45, 2.75) is 19.3 Å². The smallest absolute Gasteiger partial charge is 0.251 e. The first-order valence-corrected chi connectivity index (χ1v) is 6.34. The van der Waals surface area contributed by atoms with Crippen LogP contribution in [0.25, 0.3) is 5.69 Å². The third-order valence-electron chi connectivity index (χ3n) is 2.67. The molecule has 2 rings (SSSR count). The first-order chi connectivity index (χ1) is 10.1. The number of para-hydroxylation sites is 1. The first kappa shape index (κ1) is 14.5. The van der Waals surface area contributed by atoms with Crippen LogP contribution in [0, 0.1) is 0 Å². The molecule has 0 fully saturated rings. The zero-order valence-electron chi connectivity index (χ0n) is 11.2. The van der Waals surface area contributed by atoms with Gasteiger partial charge in [0.1, 0.15) is 0 Å². The van der Waals surface area contributed by atoms with E-state index in [1.165, 1.54) is 4.68 Å². The van der Waals surface area contributed by atoms with Crippen LogP contribution in [0.2, 0.25) is 0 Å². The summed E-state index contributed by atoms with van der Waals surface area (Å²) in [5.74, 6) is -1.33. The van der Waals surface area contributed by atoms with E-state index in [1.54, 1.807) is 12.1 Å². The third-order valence-corrected chi connectivity index (χ3v) is 2.67. The minimum Gasteiger partial charge on any atom is -0.550 e. The van der Waals surface area contributed by atoms with Crippen LogP contribution in [0.15, 0.2) is 30.3 Å². The van der Waals surface area contributed by atoms with E-state index in [2.05, 4.69) is 15.4 Å². The van der Waals surface area contributed by atoms with Gasteiger partial charge < -0.3 is 15.6 Å². The van der Waals surface area contributed by atoms with E-state index < -0.39 is 5.97 Å². The van der Waals surface area contributed by atoms with Gasteiger partial charge in [0.05, 0.1) is 5.69 Å². The van der Waals surface area contributed by atoms with Gasteiger partial charge in [0.2, 0.25) is 11.9 Å². The topological polar surface area (TPSA) is 126 Å². The number of anilines is 2. The predicted molar refractivity (Wildman–Crippen MR) is 73.3 cm³/mol. The molecule has 21 heavy (non-hydrogen) atoms. The van der Waals surface area contributed by atoms with Crippen molar-refractivity contribution >= 4 is 23.8 Å². The van der Waals surface area contributed by atoms with Gasteiger partial charge in [-0.25, -0.2) is 0 Å². The minimum absolute atomic E-state index is 0.0494. The van der Waals surface area contributed by atoms with Gasteiger partial charge in [0.15, 0.2) is 0 Å². The number of aromatic nitrogens is 3. The molecule has 0 saturated heterocycles. The molecule has 0 aliphatic rings. The number of carbonyl (C=O) groups excluding carboxylic acids is 2. The van der Waals surface area contributed by atoms with Crippen molar-refractivity contribution in [3.63, 3.8) is 0 Å². The lowest BCUT2D eigenvalue weighted by molar-refractivity contribution is -0.305. The number of nitrogens with one attached hydrogen (secondary N) is 1. The van der Waals surface area contributed by atoms with Crippen molar-refractivity contribution in [3.8, 4) is 5.69 Å². The number of hydrogen-bond acceptors (Lipinski definition) is 6. The Morgan fingerprint density at radius 3 is 2.62 bits per heavy atom. The summed E-state index contributed by atoms with van der Waals surface area (Å²) in [5, 5.41) is 16.8. The summed E-state index contributed by atoms with van der Waals surface area (Å²) in [6, 6.07) is 9.12. The van der Waals surface area contributed by atoms with E-state index in [9.17, 15) is 14.7 Å². The molecule has 0 unspecified atom stereocenters. The van der Waals surface area contributed by atoms with Crippen LogP contribution in [-0.2, 0) is 9.59 Å². The number of nitrogens with zero attached hydrogens (tertiary/aromatic N) is 3. The zero-order valence-corrected chi connectivity index (χ0v) is 11.2. The number of aliphatic carboxylic acids is 1. The first-order valence-electron chi connectivity index (χ1n) is 6.34. The molecule has 8 nitrogen and oxygen atoms in total. The van der Waals surface area contributed by atoms with Crippen LogP contribution in [0.1, 0.15) is 19.3 Å². The largest absolute Gasteiger partial charge is 0.550 e. The summed E-state index contributed by atoms with van der Waals surface area (Å²) < 4.78 is 1.40. The lowest BCUT2D eigenvalue weighted by Gasteiger charge is -2.02. The normalized spacial score (nSPS) is 10.3. The fourth-order valence-corrected chi connectivity index (χ4v) is 1.72. The monoisotopic (exact) mass is 288 g/mol. The maximum atomic E-state index is 11.6. The van der Waals surface area contributed by atoms with Crippen molar-refractivity contribution in [2.24, 2.45) is 0 Å². The maximum Gasteiger partial charge on any atom is 0.251 e. The van der Waals surface area contributed by atoms with E-state index in [-0.39, 0.29) is 37.1 Å². The highest BCUT2D eigenvalue weighted by Gasteiger charge is 2.11. The zero-order chi connectivity index (χ0) is 15.2. The number of nitrogens with two attached hydrogens (primary N) is 1. The molecule has 0 aliphatic carbocycles. The van der Waals surface area contributed by atoms with E-state index >= 15 is 0 Å². The lowest BCUT2D eigenvalue weighted by atomic mass is 10.2. The number of benzene rings is 1. The van der Waals surface area contributed by atoms with Gasteiger partial charge in [-0.1, -0.05) is 18.2 Å². The molecule has 1 aromatic carbocycles. The standard InChI is InChI=1S/C13H15N5O3/c14-12-16-13(15-10(19)7-4-8-11(20)21)17-18(12)9-5-2-1-3-6-9/h1-3,5-6H,4,7-8H2,(H,20,21)(H3,14,15,16,17,19)/p-1. The van der Waals surface area contributed by atoms with Crippen molar-refractivity contribution in [3.05, 3.63) is 30.3 Å². The molecule has 110 valence electrons. The number of amides is 1. The van der Waals surface area contributed by atoms with Crippen LogP contribution in [0.3, 0.4) is 0 Å². The molecule has 0 radical (unpaired) electrons. The Hall–Kier alpha value is -2.90. The molecule has 1 heterocycles. The molecular weight excluding hydrogens is 274 g/mol. The van der Waals surface area contributed by atoms with E-state index in [0.29, 0.717) is 0 Å². The Kier molecular flexibility index (Phi) is 4.50. The second-order valence-electron chi connectivity index (χ2n) is 4.31. The average molecular weight is 288 g/mol. The number of hydrogen-bond donors (Lipinski definition) is 2. The summed E-state index contributed by atoms with van der Waals surface area (Å²) in [6.07, 6.45) is 0.0816. The van der Waals surface area contributed by atoms with Crippen LogP contribution >= 0.6 is 0 Å². The van der Waals surface area contributed by atoms with Crippen LogP contribution < -0.4 is 16.2 Å². The van der Waals surface area contributed by atoms with Crippen molar-refractivity contribution in [1.82, 2.24) is 14.8 Å². The van der Waals surface area contributed by atoms with E-state index in [1.807, 2.05) is 18.2 Å². The molecule has 8 heteroatoms. The predicted octanol–water partition coefficient (Wildman–Crippen LogP) is -0.292. The van der Waals surface area contributed by atoms with Gasteiger partial charge in [-0.2, -0.15) is 9.67 Å². The highest BCUT2D eigenvalue weighted by Crippen LogP contribution is 2.13. The van der Waals surface area contributed by atoms with Gasteiger partial charge in [-0.15, -0.1) is 5.10 Å². The van der Waals surface area contributed by atoms with Gasteiger partial charge in [-0.05, 0) is 25.0 Å². The Bertz CT molecular complexity index is 639. The summed E-state index contributed by atoms with van der Waals surface area (Å²) in [4.78, 5) is 25.8. The Morgan fingerprint density at radius 1 is 1.24 bits per heavy atom. The molecule has 3 N–H and O–H groups in total. The summed E-state index contributed by atoms with van der Waals surface area (Å²) in [6.45, 7) is 0. The fourth-order valence-electron chi connectivity index (χ4n) is 1.72. The molecule has 0 bridgehead atoms. The van der Waals surface area contributed by atoms with Gasteiger partial charge in [0.25, 0.3) is 5.95 Å². The Labute approximate surface area is 120 Å². The lowest BCUT2D eigenvalue weighted by Crippen LogP contribution is -2.22. The molecule has 0 aliphatic heterocycles. The SMILES string of the molecule is Nc1nc(NC(=O)CCCC(=O)[O-])nn1-c1ccccc1. The number of carboxylic acid groups (broad SMARTS) is 1. The third kappa shape index (κ3) is 4.03. The van der Waals surface area contributed by atoms with Crippen LogP contribution in [-0.4, -0.2) is 26.6 Å². The highest BCUT2D eigenvalue weighted by molar-refractivity contribution is 5.89. The number of rotatable bonds is 6. The van der Waals surface area contributed by atoms with Gasteiger partial charge in [-0.3, -0.25) is 10.1 Å². The number of nitrogen functional groups attached to an aromatic ring is 1. The number of carboxylic acids is 1. The minimum atomic E-state index is -1.18. The second-order valence-corrected chi connectivity index (χ2v) is 4.31. The second kappa shape index (κ2) is 6.51. The molecule has 0 spiro atoms. The molecule has 0 saturated carbocycles. The van der Waals surface area contributed by atoms with Gasteiger partial charge >= 0.3 is 0 Å². The van der Waals surface area contributed by atoms with Crippen molar-refractivity contribution in [1.29, 1.82) is 0 Å². The average Bonchev–Trinajstić information content (AvgIpc) is 2.80. The Balaban J connectivity index is 1.99. The summed E-state index contributed by atoms with van der Waals surface area (Å²) >= 11 is 0. The van der Waals surface area contributed by atoms with E-state index in [0.717, 1.165) is 5.69 Å². The number of carbonyl (C=O) groups is 2. The quantitative estimate of drug-likeness (QED) is 0.752. The molecule has 1 aromatic heterocycles. The van der Waals surface area contributed by atoms with Crippen molar-refractivity contribution < 1.29 is 14.7 Å². The molecule has 1 amide bonds. The summed E-state index contributed by atoms with van der Waals surface area (Å²) in [7, 11) is 0. The Morgan fingerprint density at radius 2 is 1.95 bits per heavy atom. The van der Waals surface area contributed by atoms with Crippen LogP contribution in [0.4, 0.5) is 11.9 Å². The van der Waals surface area contributed by atoms with Gasteiger partial charge in [0, 0.05) is 12.4 Å². The summed E-state index contributed by atoms with van der Waals surface area (Å²) in [5.41, 5.74) is 6.46. The molecular formula is C13H14N5O3-. The van der Waals surface area contributed by atoms with E-state index in [4.69, 9.17) is 5.73 Å².